The molecule has 2 aromatic carbocycles. The van der Waals surface area contributed by atoms with Crippen LogP contribution in [-0.2, 0) is 20.5 Å². The summed E-state index contributed by atoms with van der Waals surface area (Å²) in [6.45, 7) is 5.63. The van der Waals surface area contributed by atoms with E-state index < -0.39 is 25.2 Å². The second-order valence-electron chi connectivity index (χ2n) is 8.17. The predicted octanol–water partition coefficient (Wildman–Crippen LogP) is 6.44. The summed E-state index contributed by atoms with van der Waals surface area (Å²) in [5.74, 6) is -1.18. The third kappa shape index (κ3) is 6.78. The van der Waals surface area contributed by atoms with E-state index in [-0.39, 0.29) is 17.1 Å². The lowest BCUT2D eigenvalue weighted by Crippen LogP contribution is -2.38. The summed E-state index contributed by atoms with van der Waals surface area (Å²) in [5.41, 5.74) is -1.61. The molecule has 6 nitrogen and oxygen atoms in total. The van der Waals surface area contributed by atoms with Crippen molar-refractivity contribution in [3.63, 3.8) is 0 Å². The second-order valence-corrected chi connectivity index (χ2v) is 10.5. The number of hydrogen-bond acceptors (Lipinski definition) is 5. The highest BCUT2D eigenvalue weighted by atomic mass is 31.2. The lowest BCUT2D eigenvalue weighted by atomic mass is 9.98. The number of rotatable bonds is 11. The number of benzene rings is 2. The van der Waals surface area contributed by atoms with Crippen molar-refractivity contribution in [1.82, 2.24) is 5.09 Å². The van der Waals surface area contributed by atoms with Crippen LogP contribution in [0.15, 0.2) is 36.4 Å². The van der Waals surface area contributed by atoms with Gasteiger partial charge in [-0.2, -0.15) is 8.78 Å². The van der Waals surface area contributed by atoms with Gasteiger partial charge in [0.05, 0.1) is 12.7 Å². The zero-order chi connectivity index (χ0) is 24.8. The third-order valence-corrected chi connectivity index (χ3v) is 7.39. The first-order valence-corrected chi connectivity index (χ1v) is 12.5. The van der Waals surface area contributed by atoms with Crippen LogP contribution in [0.2, 0.25) is 0 Å². The molecule has 0 aliphatic heterocycles. The monoisotopic (exact) mass is 483 g/mol. The minimum Gasteiger partial charge on any atom is -0.507 e. The molecule has 0 spiro atoms. The predicted molar refractivity (Wildman–Crippen MR) is 125 cm³/mol. The molecule has 0 aromatic heterocycles. The van der Waals surface area contributed by atoms with E-state index in [1.54, 1.807) is 24.3 Å². The van der Waals surface area contributed by atoms with Gasteiger partial charge < -0.3 is 14.4 Å². The summed E-state index contributed by atoms with van der Waals surface area (Å²) in [6, 6.07) is 8.86. The molecule has 0 heterocycles. The molecule has 0 bridgehead atoms. The number of carbonyl (C=O) groups excluding carboxylic acids is 1. The maximum absolute atomic E-state index is 14.6. The molecule has 0 saturated heterocycles. The van der Waals surface area contributed by atoms with E-state index in [0.29, 0.717) is 24.5 Å². The van der Waals surface area contributed by atoms with Crippen LogP contribution in [0, 0.1) is 6.92 Å². The number of ether oxygens (including phenoxy) is 1. The Bertz CT molecular complexity index is 1020. The highest BCUT2D eigenvalue weighted by Gasteiger charge is 2.51. The van der Waals surface area contributed by atoms with Crippen LogP contribution >= 0.6 is 7.52 Å². The number of aromatic hydroxyl groups is 1. The van der Waals surface area contributed by atoms with E-state index in [0.717, 1.165) is 31.9 Å². The van der Waals surface area contributed by atoms with Crippen LogP contribution in [0.3, 0.4) is 0 Å². The molecular formula is C24H32F2NO5P. The van der Waals surface area contributed by atoms with Gasteiger partial charge in [-0.3, -0.25) is 9.36 Å². The molecule has 9 heteroatoms. The molecule has 2 aromatic rings. The molecular weight excluding hydrogens is 451 g/mol. The summed E-state index contributed by atoms with van der Waals surface area (Å²) in [5, 5.41) is 13.0. The van der Waals surface area contributed by atoms with Gasteiger partial charge >= 0.3 is 19.2 Å². The zero-order valence-corrected chi connectivity index (χ0v) is 20.5. The molecule has 0 aliphatic rings. The highest BCUT2D eigenvalue weighted by Crippen LogP contribution is 2.59. The number of halogens is 2. The van der Waals surface area contributed by atoms with Gasteiger partial charge in [0.1, 0.15) is 17.5 Å². The fraction of sp³-hybridized carbons (Fsp3) is 0.458. The van der Waals surface area contributed by atoms with E-state index in [9.17, 15) is 23.2 Å². The Kier molecular flexibility index (Phi) is 9.04. The van der Waals surface area contributed by atoms with Crippen molar-refractivity contribution in [3.05, 3.63) is 47.5 Å². The Hall–Kier alpha value is -2.44. The van der Waals surface area contributed by atoms with Crippen molar-refractivity contribution in [2.24, 2.45) is 0 Å². The zero-order valence-electron chi connectivity index (χ0n) is 19.7. The Balaban J connectivity index is 2.61. The van der Waals surface area contributed by atoms with E-state index in [1.807, 2.05) is 13.0 Å². The van der Waals surface area contributed by atoms with Crippen molar-refractivity contribution in [2.75, 3.05) is 7.11 Å². The molecule has 182 valence electrons. The van der Waals surface area contributed by atoms with Gasteiger partial charge in [-0.15, -0.1) is 0 Å². The molecule has 0 radical (unpaired) electrons. The number of carbonyl (C=O) groups is 1. The number of hydrogen-bond donors (Lipinski definition) is 2. The van der Waals surface area contributed by atoms with Crippen molar-refractivity contribution < 1.29 is 32.5 Å². The fourth-order valence-corrected chi connectivity index (χ4v) is 4.86. The normalized spacial score (nSPS) is 14.4. The third-order valence-electron chi connectivity index (χ3n) is 5.18. The van der Waals surface area contributed by atoms with Gasteiger partial charge in [-0.1, -0.05) is 49.6 Å². The Morgan fingerprint density at radius 2 is 1.94 bits per heavy atom. The first-order chi connectivity index (χ1) is 15.4. The maximum atomic E-state index is 14.6. The van der Waals surface area contributed by atoms with Gasteiger partial charge in [-0.05, 0) is 49.9 Å². The quantitative estimate of drug-likeness (QED) is 0.217. The number of phenols is 1. The summed E-state index contributed by atoms with van der Waals surface area (Å²) < 4.78 is 52.6. The van der Waals surface area contributed by atoms with Gasteiger partial charge in [0.25, 0.3) is 0 Å². The van der Waals surface area contributed by atoms with E-state index in [4.69, 9.17) is 4.52 Å². The summed E-state index contributed by atoms with van der Waals surface area (Å²) in [4.78, 5) is 11.8. The Labute approximate surface area is 193 Å². The van der Waals surface area contributed by atoms with Gasteiger partial charge in [-0.25, -0.2) is 5.09 Å². The van der Waals surface area contributed by atoms with Crippen LogP contribution < -0.4 is 9.61 Å². The second kappa shape index (κ2) is 11.1. The summed E-state index contributed by atoms with van der Waals surface area (Å²) >= 11 is 0. The van der Waals surface area contributed by atoms with E-state index in [1.165, 1.54) is 13.0 Å². The largest absolute Gasteiger partial charge is 0.507 e. The number of unbranched alkanes of at least 4 members (excludes halogenated alkanes) is 2. The Morgan fingerprint density at radius 3 is 2.52 bits per heavy atom. The Morgan fingerprint density at radius 1 is 1.24 bits per heavy atom. The van der Waals surface area contributed by atoms with Crippen molar-refractivity contribution in [2.45, 2.75) is 65.1 Å². The van der Waals surface area contributed by atoms with Crippen molar-refractivity contribution >= 4 is 13.5 Å². The molecule has 0 amide bonds. The standard InChI is InChI=1S/C24H32F2NO5P/c1-6-7-8-11-18-14-20(28)22(19-12-9-10-16(2)13-19)21(15-18)32-33(30,24(4,25)26)27-17(3)23(29)31-5/h9-10,12-15,17,28H,6-8,11H2,1-5H3,(H,27,30)/t17-,33?/m0/s1. The minimum atomic E-state index is -4.97. The number of alkyl halides is 2. The van der Waals surface area contributed by atoms with Crippen molar-refractivity contribution in [3.8, 4) is 22.6 Å². The average molecular weight is 483 g/mol. The molecule has 2 rings (SSSR count). The van der Waals surface area contributed by atoms with Crippen LogP contribution in [0.25, 0.3) is 11.1 Å². The average Bonchev–Trinajstić information content (AvgIpc) is 2.72. The topological polar surface area (TPSA) is 84.9 Å². The van der Waals surface area contributed by atoms with Gasteiger partial charge in [0.2, 0.25) is 0 Å². The van der Waals surface area contributed by atoms with E-state index >= 15 is 0 Å². The number of esters is 1. The molecule has 0 saturated carbocycles. The van der Waals surface area contributed by atoms with Crippen LogP contribution in [0.5, 0.6) is 11.5 Å². The first-order valence-electron chi connectivity index (χ1n) is 10.9. The number of methoxy groups -OCH3 is 1. The number of aryl methyl sites for hydroxylation is 2. The first kappa shape index (κ1) is 26.8. The SMILES string of the molecule is CCCCCc1cc(O)c(-c2cccc(C)c2)c(OP(=O)(N[C@@H](C)C(=O)OC)C(C)(F)F)c1. The lowest BCUT2D eigenvalue weighted by molar-refractivity contribution is -0.142. The minimum absolute atomic E-state index is 0.148. The number of nitrogens with one attached hydrogen (secondary N) is 1. The molecule has 1 unspecified atom stereocenters. The molecule has 0 fully saturated rings. The molecule has 2 N–H and O–H groups in total. The van der Waals surface area contributed by atoms with Crippen LogP contribution in [-0.4, -0.2) is 29.9 Å². The van der Waals surface area contributed by atoms with Gasteiger partial charge in [0, 0.05) is 6.92 Å². The van der Waals surface area contributed by atoms with Crippen molar-refractivity contribution in [1.29, 1.82) is 0 Å². The van der Waals surface area contributed by atoms with E-state index in [2.05, 4.69) is 16.7 Å². The van der Waals surface area contributed by atoms with Gasteiger partial charge in [0.15, 0.2) is 0 Å². The fourth-order valence-electron chi connectivity index (χ4n) is 3.39. The summed E-state index contributed by atoms with van der Waals surface area (Å²) in [7, 11) is -3.87. The smallest absolute Gasteiger partial charge is 0.385 e. The lowest BCUT2D eigenvalue weighted by Gasteiger charge is -2.28. The van der Waals surface area contributed by atoms with Crippen LogP contribution in [0.4, 0.5) is 8.78 Å². The van der Waals surface area contributed by atoms with Crippen LogP contribution in [0.1, 0.15) is 51.2 Å². The maximum Gasteiger partial charge on any atom is 0.385 e. The summed E-state index contributed by atoms with van der Waals surface area (Å²) in [6.07, 6.45) is 3.37. The number of phenolic OH excluding ortho intramolecular Hbond substituents is 1. The highest BCUT2D eigenvalue weighted by molar-refractivity contribution is 7.58. The molecule has 2 atom stereocenters. The molecule has 33 heavy (non-hydrogen) atoms. The molecule has 0 aliphatic carbocycles.